The number of rotatable bonds is 7. The van der Waals surface area contributed by atoms with Gasteiger partial charge in [0.05, 0.1) is 17.4 Å². The van der Waals surface area contributed by atoms with Crippen molar-refractivity contribution >= 4 is 10.8 Å². The normalized spacial score (nSPS) is 11.5. The molecular weight excluding hydrogens is 412 g/mol. The van der Waals surface area contributed by atoms with E-state index in [9.17, 15) is 0 Å². The van der Waals surface area contributed by atoms with E-state index in [0.29, 0.717) is 0 Å². The van der Waals surface area contributed by atoms with E-state index < -0.39 is 0 Å². The molecule has 4 aromatic carbocycles. The van der Waals surface area contributed by atoms with Crippen LogP contribution in [0.2, 0.25) is 0 Å². The summed E-state index contributed by atoms with van der Waals surface area (Å²) in [5.41, 5.74) is 5.83. The Morgan fingerprint density at radius 3 is 2.00 bits per heavy atom. The van der Waals surface area contributed by atoms with Crippen molar-refractivity contribution in [2.75, 3.05) is 0 Å². The minimum Gasteiger partial charge on any atom is -0.304 e. The van der Waals surface area contributed by atoms with Crippen LogP contribution >= 0.6 is 0 Å². The molecule has 1 unspecified atom stereocenters. The molecule has 0 fully saturated rings. The molecule has 2 nitrogen and oxygen atoms in total. The summed E-state index contributed by atoms with van der Waals surface area (Å²) in [7, 11) is 0. The fourth-order valence-corrected chi connectivity index (χ4v) is 4.21. The maximum atomic E-state index is 5.14. The Bertz CT molecular complexity index is 1290. The molecule has 1 atom stereocenters. The van der Waals surface area contributed by atoms with Gasteiger partial charge in [0.1, 0.15) is 0 Å². The van der Waals surface area contributed by atoms with Crippen molar-refractivity contribution in [1.82, 2.24) is 10.3 Å². The monoisotopic (exact) mass is 444 g/mol. The maximum absolute atomic E-state index is 5.14. The first-order valence-corrected chi connectivity index (χ1v) is 12.1. The summed E-state index contributed by atoms with van der Waals surface area (Å²) in [5, 5.41) is 6.22. The number of hydrogen-bond donors (Lipinski definition) is 1. The van der Waals surface area contributed by atoms with Crippen molar-refractivity contribution in [2.45, 2.75) is 32.9 Å². The first-order chi connectivity index (χ1) is 16.9. The Balaban J connectivity index is 0.00000133. The van der Waals surface area contributed by atoms with Crippen molar-refractivity contribution in [2.24, 2.45) is 0 Å². The molecule has 5 rings (SSSR count). The second-order valence-electron chi connectivity index (χ2n) is 8.08. The highest BCUT2D eigenvalue weighted by atomic mass is 14.9. The van der Waals surface area contributed by atoms with Gasteiger partial charge in [0.2, 0.25) is 0 Å². The molecule has 5 aromatic rings. The maximum Gasteiger partial charge on any atom is 0.0712 e. The van der Waals surface area contributed by atoms with Crippen LogP contribution in [0, 0.1) is 0 Å². The van der Waals surface area contributed by atoms with Crippen molar-refractivity contribution in [3.8, 4) is 11.3 Å². The molecule has 34 heavy (non-hydrogen) atoms. The second-order valence-corrected chi connectivity index (χ2v) is 8.08. The molecule has 0 aliphatic carbocycles. The van der Waals surface area contributed by atoms with Crippen LogP contribution in [-0.4, -0.2) is 4.98 Å². The molecule has 0 aliphatic rings. The molecular formula is C32H32N2. The summed E-state index contributed by atoms with van der Waals surface area (Å²) in [6.07, 6.45) is 0.889. The van der Waals surface area contributed by atoms with Gasteiger partial charge in [-0.05, 0) is 40.5 Å². The molecule has 1 aromatic heterocycles. The third-order valence-corrected chi connectivity index (χ3v) is 5.87. The lowest BCUT2D eigenvalue weighted by Crippen LogP contribution is -2.24. The first kappa shape index (κ1) is 23.4. The lowest BCUT2D eigenvalue weighted by atomic mass is 9.99. The Morgan fingerprint density at radius 2 is 1.24 bits per heavy atom. The highest BCUT2D eigenvalue weighted by Gasteiger charge is 2.15. The molecule has 0 aliphatic heterocycles. The van der Waals surface area contributed by atoms with E-state index in [0.717, 1.165) is 24.4 Å². The van der Waals surface area contributed by atoms with Gasteiger partial charge in [-0.1, -0.05) is 123 Å². The van der Waals surface area contributed by atoms with E-state index in [1.54, 1.807) is 0 Å². The van der Waals surface area contributed by atoms with Gasteiger partial charge >= 0.3 is 0 Å². The highest BCUT2D eigenvalue weighted by Crippen LogP contribution is 2.28. The summed E-state index contributed by atoms with van der Waals surface area (Å²) in [4.78, 5) is 5.14. The van der Waals surface area contributed by atoms with Crippen LogP contribution in [0.25, 0.3) is 22.0 Å². The van der Waals surface area contributed by atoms with E-state index in [1.165, 1.54) is 27.5 Å². The van der Waals surface area contributed by atoms with E-state index in [2.05, 4.69) is 127 Å². The van der Waals surface area contributed by atoms with Crippen LogP contribution < -0.4 is 5.32 Å². The van der Waals surface area contributed by atoms with Gasteiger partial charge in [-0.15, -0.1) is 0 Å². The van der Waals surface area contributed by atoms with Crippen LogP contribution in [0.4, 0.5) is 0 Å². The SMILES string of the molecule is CC.c1ccc(CNC(Cc2ccccc2)c2cccc(-c3cccc4ccccc34)n2)cc1. The van der Waals surface area contributed by atoms with Crippen molar-refractivity contribution in [1.29, 1.82) is 0 Å². The van der Waals surface area contributed by atoms with Crippen molar-refractivity contribution in [3.63, 3.8) is 0 Å². The number of pyridine rings is 1. The van der Waals surface area contributed by atoms with Crippen LogP contribution in [0.1, 0.15) is 36.7 Å². The summed E-state index contributed by atoms with van der Waals surface area (Å²) in [6, 6.07) is 42.6. The molecule has 0 bridgehead atoms. The number of benzene rings is 4. The predicted molar refractivity (Wildman–Crippen MR) is 145 cm³/mol. The molecule has 2 heteroatoms. The lowest BCUT2D eigenvalue weighted by molar-refractivity contribution is 0.519. The largest absolute Gasteiger partial charge is 0.304 e. The lowest BCUT2D eigenvalue weighted by Gasteiger charge is -2.20. The fourth-order valence-electron chi connectivity index (χ4n) is 4.21. The zero-order valence-electron chi connectivity index (χ0n) is 20.0. The fraction of sp³-hybridized carbons (Fsp3) is 0.156. The Kier molecular flexibility index (Phi) is 8.21. The van der Waals surface area contributed by atoms with Gasteiger partial charge < -0.3 is 5.32 Å². The van der Waals surface area contributed by atoms with Crippen LogP contribution in [0.5, 0.6) is 0 Å². The molecule has 1 N–H and O–H groups in total. The van der Waals surface area contributed by atoms with E-state index in [-0.39, 0.29) is 6.04 Å². The number of aromatic nitrogens is 1. The van der Waals surface area contributed by atoms with Crippen molar-refractivity contribution < 1.29 is 0 Å². The quantitative estimate of drug-likeness (QED) is 0.275. The Labute approximate surface area is 203 Å². The minimum absolute atomic E-state index is 0.118. The Morgan fingerprint density at radius 1 is 0.618 bits per heavy atom. The van der Waals surface area contributed by atoms with Gasteiger partial charge in [-0.3, -0.25) is 4.98 Å². The number of nitrogens with one attached hydrogen (secondary N) is 1. The molecule has 0 radical (unpaired) electrons. The number of nitrogens with zero attached hydrogens (tertiary/aromatic N) is 1. The average molecular weight is 445 g/mol. The van der Waals surface area contributed by atoms with Crippen LogP contribution in [-0.2, 0) is 13.0 Å². The zero-order chi connectivity index (χ0) is 23.6. The molecule has 170 valence electrons. The van der Waals surface area contributed by atoms with Gasteiger partial charge in [-0.2, -0.15) is 0 Å². The average Bonchev–Trinajstić information content (AvgIpc) is 2.93. The number of hydrogen-bond acceptors (Lipinski definition) is 2. The zero-order valence-corrected chi connectivity index (χ0v) is 20.0. The summed E-state index contributed by atoms with van der Waals surface area (Å²) < 4.78 is 0. The summed E-state index contributed by atoms with van der Waals surface area (Å²) >= 11 is 0. The molecule has 0 spiro atoms. The number of fused-ring (bicyclic) bond motifs is 1. The van der Waals surface area contributed by atoms with Gasteiger partial charge in [-0.25, -0.2) is 0 Å². The van der Waals surface area contributed by atoms with Crippen LogP contribution in [0.15, 0.2) is 121 Å². The van der Waals surface area contributed by atoms with Gasteiger partial charge in [0, 0.05) is 12.1 Å². The third kappa shape index (κ3) is 5.78. The molecule has 0 saturated carbocycles. The summed E-state index contributed by atoms with van der Waals surface area (Å²) in [5.74, 6) is 0. The third-order valence-electron chi connectivity index (χ3n) is 5.87. The molecule has 0 amide bonds. The second kappa shape index (κ2) is 11.9. The van der Waals surface area contributed by atoms with Crippen LogP contribution in [0.3, 0.4) is 0 Å². The molecule has 0 saturated heterocycles. The predicted octanol–water partition coefficient (Wildman–Crippen LogP) is 8.00. The van der Waals surface area contributed by atoms with Gasteiger partial charge in [0.15, 0.2) is 0 Å². The standard InChI is InChI=1S/C30H26N2.C2H6/c1-3-11-23(12-4-1)21-30(31-22-24-13-5-2-6-14-24)29-20-10-19-28(32-29)27-18-9-16-25-15-7-8-17-26(25)27;1-2/h1-20,30-31H,21-22H2;1-2H3. The first-order valence-electron chi connectivity index (χ1n) is 12.1. The van der Waals surface area contributed by atoms with E-state index >= 15 is 0 Å². The summed E-state index contributed by atoms with van der Waals surface area (Å²) in [6.45, 7) is 4.80. The topological polar surface area (TPSA) is 24.9 Å². The van der Waals surface area contributed by atoms with Crippen molar-refractivity contribution in [3.05, 3.63) is 138 Å². The smallest absolute Gasteiger partial charge is 0.0712 e. The Hall–Kier alpha value is -3.75. The molecule has 1 heterocycles. The van der Waals surface area contributed by atoms with E-state index in [4.69, 9.17) is 4.98 Å². The minimum atomic E-state index is 0.118. The van der Waals surface area contributed by atoms with E-state index in [1.807, 2.05) is 13.8 Å². The highest BCUT2D eigenvalue weighted by molar-refractivity contribution is 5.95. The van der Waals surface area contributed by atoms with Gasteiger partial charge in [0.25, 0.3) is 0 Å².